The molecule has 0 aliphatic carbocycles. The average molecular weight is 242 g/mol. The number of hydrogen-bond acceptors (Lipinski definition) is 5. The molecule has 0 fully saturated rings. The molecule has 0 bridgehead atoms. The lowest BCUT2D eigenvalue weighted by molar-refractivity contribution is -0.152. The molecule has 1 N–H and O–H groups in total. The van der Waals surface area contributed by atoms with Crippen LogP contribution in [0.1, 0.15) is 13.3 Å². The molecule has 1 atom stereocenters. The molecular formula is C11H14O6. The van der Waals surface area contributed by atoms with Crippen LogP contribution in [0.25, 0.3) is 0 Å². The van der Waals surface area contributed by atoms with Crippen molar-refractivity contribution in [1.29, 1.82) is 0 Å². The maximum absolute atomic E-state index is 11.0. The predicted octanol–water partition coefficient (Wildman–Crippen LogP) is 0.678. The summed E-state index contributed by atoms with van der Waals surface area (Å²) < 4.78 is 9.54. The van der Waals surface area contributed by atoms with Crippen molar-refractivity contribution in [2.24, 2.45) is 0 Å². The average Bonchev–Trinajstić information content (AvgIpc) is 2.31. The van der Waals surface area contributed by atoms with E-state index < -0.39 is 24.0 Å². The van der Waals surface area contributed by atoms with E-state index in [-0.39, 0.29) is 6.61 Å². The first-order chi connectivity index (χ1) is 7.99. The molecule has 6 nitrogen and oxygen atoms in total. The van der Waals surface area contributed by atoms with Crippen molar-refractivity contribution in [3.05, 3.63) is 24.8 Å². The number of esters is 2. The Morgan fingerprint density at radius 3 is 2.41 bits per heavy atom. The highest BCUT2D eigenvalue weighted by Gasteiger charge is 2.12. The third kappa shape index (κ3) is 7.78. The molecule has 1 unspecified atom stereocenters. The van der Waals surface area contributed by atoms with Gasteiger partial charge in [-0.05, 0) is 6.42 Å². The molecule has 0 aromatic rings. The summed E-state index contributed by atoms with van der Waals surface area (Å²) in [6, 6.07) is 0. The minimum Gasteiger partial charge on any atom is -0.478 e. The van der Waals surface area contributed by atoms with Gasteiger partial charge in [0.05, 0.1) is 0 Å². The van der Waals surface area contributed by atoms with Crippen LogP contribution in [-0.2, 0) is 23.9 Å². The van der Waals surface area contributed by atoms with Gasteiger partial charge in [-0.3, -0.25) is 0 Å². The van der Waals surface area contributed by atoms with Crippen molar-refractivity contribution in [1.82, 2.24) is 0 Å². The first-order valence-electron chi connectivity index (χ1n) is 4.90. The molecule has 0 aliphatic rings. The Hall–Kier alpha value is -2.11. The van der Waals surface area contributed by atoms with Crippen LogP contribution in [0.2, 0.25) is 0 Å². The van der Waals surface area contributed by atoms with E-state index in [9.17, 15) is 14.4 Å². The van der Waals surface area contributed by atoms with Gasteiger partial charge in [-0.1, -0.05) is 13.5 Å². The van der Waals surface area contributed by atoms with Crippen LogP contribution in [0.3, 0.4) is 0 Å². The van der Waals surface area contributed by atoms with Crippen LogP contribution < -0.4 is 0 Å². The molecule has 6 heteroatoms. The Kier molecular flexibility index (Phi) is 7.09. The molecule has 0 rings (SSSR count). The predicted molar refractivity (Wildman–Crippen MR) is 58.1 cm³/mol. The minimum absolute atomic E-state index is 0.126. The number of hydrogen-bond donors (Lipinski definition) is 1. The van der Waals surface area contributed by atoms with E-state index in [1.165, 1.54) is 0 Å². The lowest BCUT2D eigenvalue weighted by Gasteiger charge is -2.14. The smallest absolute Gasteiger partial charge is 0.331 e. The topological polar surface area (TPSA) is 89.9 Å². The molecule has 0 amide bonds. The molecule has 0 heterocycles. The molecular weight excluding hydrogens is 228 g/mol. The van der Waals surface area contributed by atoms with Crippen molar-refractivity contribution in [3.63, 3.8) is 0 Å². The van der Waals surface area contributed by atoms with E-state index in [1.807, 2.05) is 0 Å². The highest BCUT2D eigenvalue weighted by molar-refractivity contribution is 5.90. The second-order valence-electron chi connectivity index (χ2n) is 2.97. The summed E-state index contributed by atoms with van der Waals surface area (Å²) in [5.74, 6) is -2.65. The zero-order chi connectivity index (χ0) is 13.3. The van der Waals surface area contributed by atoms with Crippen LogP contribution in [0.5, 0.6) is 0 Å². The van der Waals surface area contributed by atoms with Crippen molar-refractivity contribution in [2.45, 2.75) is 19.4 Å². The number of aliphatic carboxylic acids is 1. The Bertz CT molecular complexity index is 331. The molecule has 94 valence electrons. The number of carboxylic acids is 1. The Morgan fingerprint density at radius 2 is 1.94 bits per heavy atom. The quantitative estimate of drug-likeness (QED) is 0.521. The van der Waals surface area contributed by atoms with E-state index in [0.717, 1.165) is 12.2 Å². The molecule has 0 aromatic heterocycles. The maximum atomic E-state index is 11.0. The summed E-state index contributed by atoms with van der Waals surface area (Å²) in [6.45, 7) is 4.86. The second kappa shape index (κ2) is 8.09. The van der Waals surface area contributed by atoms with Crippen LogP contribution in [0, 0.1) is 0 Å². The van der Waals surface area contributed by atoms with E-state index in [1.54, 1.807) is 6.92 Å². The number of ether oxygens (including phenoxy) is 2. The molecule has 17 heavy (non-hydrogen) atoms. The van der Waals surface area contributed by atoms with Crippen LogP contribution in [0.15, 0.2) is 24.8 Å². The van der Waals surface area contributed by atoms with E-state index in [4.69, 9.17) is 14.6 Å². The second-order valence-corrected chi connectivity index (χ2v) is 2.97. The summed E-state index contributed by atoms with van der Waals surface area (Å²) in [5.41, 5.74) is 0. The van der Waals surface area contributed by atoms with Crippen LogP contribution in [0.4, 0.5) is 0 Å². The van der Waals surface area contributed by atoms with Gasteiger partial charge in [0.15, 0.2) is 0 Å². The first-order valence-corrected chi connectivity index (χ1v) is 4.90. The van der Waals surface area contributed by atoms with Gasteiger partial charge in [0.2, 0.25) is 0 Å². The van der Waals surface area contributed by atoms with Crippen LogP contribution >= 0.6 is 0 Å². The third-order valence-corrected chi connectivity index (χ3v) is 1.68. The fourth-order valence-electron chi connectivity index (χ4n) is 0.810. The van der Waals surface area contributed by atoms with Gasteiger partial charge in [-0.2, -0.15) is 0 Å². The maximum Gasteiger partial charge on any atom is 0.331 e. The fourth-order valence-corrected chi connectivity index (χ4v) is 0.810. The van der Waals surface area contributed by atoms with E-state index in [0.29, 0.717) is 12.5 Å². The van der Waals surface area contributed by atoms with Gasteiger partial charge in [-0.15, -0.1) is 0 Å². The monoisotopic (exact) mass is 242 g/mol. The number of carboxylic acid groups (broad SMARTS) is 1. The largest absolute Gasteiger partial charge is 0.478 e. The summed E-state index contributed by atoms with van der Waals surface area (Å²) in [7, 11) is 0. The van der Waals surface area contributed by atoms with E-state index in [2.05, 4.69) is 6.58 Å². The summed E-state index contributed by atoms with van der Waals surface area (Å²) in [5, 5.41) is 8.26. The van der Waals surface area contributed by atoms with Gasteiger partial charge in [0, 0.05) is 18.2 Å². The van der Waals surface area contributed by atoms with Crippen molar-refractivity contribution in [2.75, 3.05) is 6.61 Å². The number of carbonyl (C=O) groups is 3. The Labute approximate surface area is 98.5 Å². The van der Waals surface area contributed by atoms with Gasteiger partial charge < -0.3 is 14.6 Å². The zero-order valence-electron chi connectivity index (χ0n) is 9.42. The van der Waals surface area contributed by atoms with Gasteiger partial charge in [0.1, 0.15) is 12.7 Å². The Balaban J connectivity index is 4.06. The minimum atomic E-state index is -1.24. The SMILES string of the molecule is C=CC(=O)OC(CC)COC(=O)/C=C\C(=O)O. The number of carbonyl (C=O) groups excluding carboxylic acids is 2. The lowest BCUT2D eigenvalue weighted by Crippen LogP contribution is -2.23. The summed E-state index contributed by atoms with van der Waals surface area (Å²) in [4.78, 5) is 32.0. The van der Waals surface area contributed by atoms with Crippen molar-refractivity contribution >= 4 is 17.9 Å². The van der Waals surface area contributed by atoms with Crippen LogP contribution in [-0.4, -0.2) is 35.7 Å². The molecule has 0 spiro atoms. The Morgan fingerprint density at radius 1 is 1.29 bits per heavy atom. The van der Waals surface area contributed by atoms with Crippen molar-refractivity contribution in [3.8, 4) is 0 Å². The normalized spacial score (nSPS) is 11.8. The third-order valence-electron chi connectivity index (χ3n) is 1.68. The van der Waals surface area contributed by atoms with Gasteiger partial charge in [-0.25, -0.2) is 14.4 Å². The van der Waals surface area contributed by atoms with Crippen molar-refractivity contribution < 1.29 is 29.0 Å². The lowest BCUT2D eigenvalue weighted by atomic mass is 10.3. The van der Waals surface area contributed by atoms with Gasteiger partial charge in [0.25, 0.3) is 0 Å². The molecule has 0 radical (unpaired) electrons. The number of rotatable bonds is 7. The standard InChI is InChI=1S/C11H14O6/c1-3-8(17-10(14)4-2)7-16-11(15)6-5-9(12)13/h4-6,8H,2-3,7H2,1H3,(H,12,13)/b6-5-. The molecule has 0 saturated carbocycles. The highest BCUT2D eigenvalue weighted by atomic mass is 16.6. The van der Waals surface area contributed by atoms with Gasteiger partial charge >= 0.3 is 17.9 Å². The molecule has 0 aromatic carbocycles. The summed E-state index contributed by atoms with van der Waals surface area (Å²) >= 11 is 0. The summed E-state index contributed by atoms with van der Waals surface area (Å²) in [6.07, 6.45) is 2.36. The molecule has 0 aliphatic heterocycles. The zero-order valence-corrected chi connectivity index (χ0v) is 9.42. The first kappa shape index (κ1) is 14.9. The molecule has 0 saturated heterocycles. The highest BCUT2D eigenvalue weighted by Crippen LogP contribution is 2.00. The fraction of sp³-hybridized carbons (Fsp3) is 0.364. The van der Waals surface area contributed by atoms with E-state index >= 15 is 0 Å².